The smallest absolute Gasteiger partial charge is 0.338 e. The molecule has 0 aromatic heterocycles. The first-order valence-corrected chi connectivity index (χ1v) is 8.79. The van der Waals surface area contributed by atoms with Gasteiger partial charge in [-0.2, -0.15) is 0 Å². The zero-order valence-electron chi connectivity index (χ0n) is 16.4. The van der Waals surface area contributed by atoms with E-state index in [1.807, 2.05) is 13.8 Å². The van der Waals surface area contributed by atoms with Crippen LogP contribution < -0.4 is 0 Å². The van der Waals surface area contributed by atoms with Crippen LogP contribution in [0.25, 0.3) is 0 Å². The SMILES string of the molecule is CCOC(=O)C1=CC(C)OC1OC.CCOC(=O)C1CC(C)OC1OC. The summed E-state index contributed by atoms with van der Waals surface area (Å²) in [5.41, 5.74) is 0.455. The molecule has 0 spiro atoms. The standard InChI is InChI=1S/C9H16O4.C9H14O4/c2*1-4-12-8(10)7-5-6(2)13-9(7)11-3/h6-7,9H,4-5H2,1-3H3;5-6,9H,4H2,1-3H3. The van der Waals surface area contributed by atoms with Crippen molar-refractivity contribution in [2.45, 2.75) is 58.9 Å². The topological polar surface area (TPSA) is 89.5 Å². The highest BCUT2D eigenvalue weighted by Gasteiger charge is 2.39. The number of rotatable bonds is 6. The summed E-state index contributed by atoms with van der Waals surface area (Å²) in [7, 11) is 3.03. The van der Waals surface area contributed by atoms with Crippen LogP contribution >= 0.6 is 0 Å². The highest BCUT2D eigenvalue weighted by molar-refractivity contribution is 5.89. The van der Waals surface area contributed by atoms with E-state index in [9.17, 15) is 9.59 Å². The summed E-state index contributed by atoms with van der Waals surface area (Å²) in [6, 6.07) is 0. The number of carbonyl (C=O) groups excluding carboxylic acids is 2. The largest absolute Gasteiger partial charge is 0.466 e. The quantitative estimate of drug-likeness (QED) is 0.651. The molecule has 8 nitrogen and oxygen atoms in total. The molecule has 26 heavy (non-hydrogen) atoms. The van der Waals surface area contributed by atoms with E-state index in [1.54, 1.807) is 19.9 Å². The molecule has 5 atom stereocenters. The summed E-state index contributed by atoms with van der Waals surface area (Å²) in [6.07, 6.45) is 1.36. The minimum atomic E-state index is -0.575. The Hall–Kier alpha value is -1.48. The molecule has 2 aliphatic heterocycles. The second-order valence-corrected chi connectivity index (χ2v) is 5.90. The van der Waals surface area contributed by atoms with Crippen LogP contribution in [-0.2, 0) is 38.0 Å². The fourth-order valence-corrected chi connectivity index (χ4v) is 2.72. The fraction of sp³-hybridized carbons (Fsp3) is 0.778. The van der Waals surface area contributed by atoms with E-state index >= 15 is 0 Å². The van der Waals surface area contributed by atoms with Gasteiger partial charge in [-0.15, -0.1) is 0 Å². The lowest BCUT2D eigenvalue weighted by atomic mass is 10.1. The predicted molar refractivity (Wildman–Crippen MR) is 92.1 cm³/mol. The van der Waals surface area contributed by atoms with Crippen LogP contribution in [-0.4, -0.2) is 64.2 Å². The van der Waals surface area contributed by atoms with Crippen molar-refractivity contribution in [1.29, 1.82) is 0 Å². The zero-order valence-corrected chi connectivity index (χ0v) is 16.4. The van der Waals surface area contributed by atoms with Crippen LogP contribution in [0.5, 0.6) is 0 Å². The van der Waals surface area contributed by atoms with Crippen LogP contribution in [0.2, 0.25) is 0 Å². The first-order chi connectivity index (χ1) is 12.4. The molecule has 0 aliphatic carbocycles. The number of hydrogen-bond acceptors (Lipinski definition) is 8. The Kier molecular flexibility index (Phi) is 9.79. The molecule has 0 radical (unpaired) electrons. The number of hydrogen-bond donors (Lipinski definition) is 0. The van der Waals surface area contributed by atoms with Gasteiger partial charge in [0.1, 0.15) is 5.92 Å². The van der Waals surface area contributed by atoms with Crippen LogP contribution in [0.1, 0.15) is 34.1 Å². The summed E-state index contributed by atoms with van der Waals surface area (Å²) in [4.78, 5) is 22.7. The van der Waals surface area contributed by atoms with E-state index in [4.69, 9.17) is 28.4 Å². The average molecular weight is 374 g/mol. The third-order valence-corrected chi connectivity index (χ3v) is 3.83. The van der Waals surface area contributed by atoms with Crippen LogP contribution in [0.4, 0.5) is 0 Å². The van der Waals surface area contributed by atoms with Gasteiger partial charge < -0.3 is 28.4 Å². The Morgan fingerprint density at radius 2 is 1.73 bits per heavy atom. The van der Waals surface area contributed by atoms with Crippen molar-refractivity contribution in [1.82, 2.24) is 0 Å². The number of methoxy groups -OCH3 is 2. The van der Waals surface area contributed by atoms with Gasteiger partial charge in [0.15, 0.2) is 12.6 Å². The summed E-state index contributed by atoms with van der Waals surface area (Å²) in [6.45, 7) is 8.09. The van der Waals surface area contributed by atoms with Gasteiger partial charge in [-0.25, -0.2) is 4.79 Å². The van der Waals surface area contributed by atoms with Gasteiger partial charge in [0.25, 0.3) is 0 Å². The molecule has 150 valence electrons. The average Bonchev–Trinajstić information content (AvgIpc) is 3.18. The van der Waals surface area contributed by atoms with Gasteiger partial charge in [0.05, 0.1) is 31.0 Å². The van der Waals surface area contributed by atoms with Gasteiger partial charge in [0.2, 0.25) is 0 Å². The monoisotopic (exact) mass is 374 g/mol. The van der Waals surface area contributed by atoms with E-state index < -0.39 is 12.6 Å². The first kappa shape index (κ1) is 22.6. The third kappa shape index (κ3) is 6.35. The molecule has 1 fully saturated rings. The normalized spacial score (nSPS) is 30.2. The van der Waals surface area contributed by atoms with Gasteiger partial charge in [-0.05, 0) is 40.2 Å². The molecular formula is C18H30O8. The predicted octanol–water partition coefficient (Wildman–Crippen LogP) is 1.81. The summed E-state index contributed by atoms with van der Waals surface area (Å²) in [5, 5.41) is 0. The van der Waals surface area contributed by atoms with E-state index in [2.05, 4.69) is 0 Å². The molecular weight excluding hydrogens is 344 g/mol. The molecule has 0 amide bonds. The van der Waals surface area contributed by atoms with Gasteiger partial charge in [-0.1, -0.05) is 0 Å². The van der Waals surface area contributed by atoms with Crippen LogP contribution in [0, 0.1) is 5.92 Å². The maximum Gasteiger partial charge on any atom is 0.338 e. The second-order valence-electron chi connectivity index (χ2n) is 5.90. The molecule has 8 heteroatoms. The van der Waals surface area contributed by atoms with E-state index in [0.717, 1.165) is 0 Å². The summed E-state index contributed by atoms with van der Waals surface area (Å²) in [5.74, 6) is -0.850. The number of esters is 2. The number of carbonyl (C=O) groups is 2. The molecule has 0 bridgehead atoms. The summed E-state index contributed by atoms with van der Waals surface area (Å²) >= 11 is 0. The Balaban J connectivity index is 0.000000260. The maximum atomic E-state index is 11.4. The van der Waals surface area contributed by atoms with Crippen molar-refractivity contribution < 1.29 is 38.0 Å². The highest BCUT2D eigenvalue weighted by Crippen LogP contribution is 2.27. The van der Waals surface area contributed by atoms with Crippen molar-refractivity contribution >= 4 is 11.9 Å². The van der Waals surface area contributed by atoms with Crippen molar-refractivity contribution in [2.75, 3.05) is 27.4 Å². The molecule has 2 aliphatic rings. The Labute approximate surface area is 154 Å². The lowest BCUT2D eigenvalue weighted by Gasteiger charge is -2.14. The second kappa shape index (κ2) is 11.3. The van der Waals surface area contributed by atoms with E-state index in [-0.39, 0.29) is 30.1 Å². The van der Waals surface area contributed by atoms with Crippen LogP contribution in [0.15, 0.2) is 11.6 Å². The molecule has 5 unspecified atom stereocenters. The van der Waals surface area contributed by atoms with Gasteiger partial charge >= 0.3 is 11.9 Å². The zero-order chi connectivity index (χ0) is 19.7. The van der Waals surface area contributed by atoms with E-state index in [0.29, 0.717) is 25.2 Å². The third-order valence-electron chi connectivity index (χ3n) is 3.83. The molecule has 2 rings (SSSR count). The molecule has 2 heterocycles. The first-order valence-electron chi connectivity index (χ1n) is 8.79. The Morgan fingerprint density at radius 3 is 2.27 bits per heavy atom. The fourth-order valence-electron chi connectivity index (χ4n) is 2.72. The van der Waals surface area contributed by atoms with E-state index in [1.165, 1.54) is 14.2 Å². The minimum absolute atomic E-state index is 0.0688. The molecule has 0 N–H and O–H groups in total. The molecule has 0 aromatic carbocycles. The summed E-state index contributed by atoms with van der Waals surface area (Å²) < 4.78 is 30.4. The van der Waals surface area contributed by atoms with Crippen molar-refractivity contribution in [2.24, 2.45) is 5.92 Å². The molecule has 0 aromatic rings. The molecule has 0 saturated carbocycles. The van der Waals surface area contributed by atoms with Crippen molar-refractivity contribution in [3.63, 3.8) is 0 Å². The number of ether oxygens (including phenoxy) is 6. The van der Waals surface area contributed by atoms with Gasteiger partial charge in [-0.3, -0.25) is 4.79 Å². The van der Waals surface area contributed by atoms with Crippen molar-refractivity contribution in [3.05, 3.63) is 11.6 Å². The highest BCUT2D eigenvalue weighted by atomic mass is 16.7. The van der Waals surface area contributed by atoms with Crippen molar-refractivity contribution in [3.8, 4) is 0 Å². The van der Waals surface area contributed by atoms with Gasteiger partial charge in [0, 0.05) is 14.2 Å². The lowest BCUT2D eigenvalue weighted by molar-refractivity contribution is -0.166. The Bertz CT molecular complexity index is 490. The Morgan fingerprint density at radius 1 is 1.08 bits per heavy atom. The lowest BCUT2D eigenvalue weighted by Crippen LogP contribution is -2.27. The van der Waals surface area contributed by atoms with Crippen LogP contribution in [0.3, 0.4) is 0 Å². The molecule has 1 saturated heterocycles. The minimum Gasteiger partial charge on any atom is -0.466 e. The maximum absolute atomic E-state index is 11.4.